The third-order valence-corrected chi connectivity index (χ3v) is 4.02. The number of carbonyl (C=O) groups is 1. The summed E-state index contributed by atoms with van der Waals surface area (Å²) in [5.41, 5.74) is -0.379. The third kappa shape index (κ3) is 6.25. The van der Waals surface area contributed by atoms with Crippen LogP contribution < -0.4 is 5.32 Å². The van der Waals surface area contributed by atoms with Crippen LogP contribution in [0.1, 0.15) is 74.7 Å². The molecule has 0 aliphatic carbocycles. The fourth-order valence-electron chi connectivity index (χ4n) is 2.38. The van der Waals surface area contributed by atoms with Crippen LogP contribution in [0, 0.1) is 16.2 Å². The second kappa shape index (κ2) is 7.44. The van der Waals surface area contributed by atoms with Crippen molar-refractivity contribution in [3.8, 4) is 0 Å². The smallest absolute Gasteiger partial charge is 0.228 e. The molecule has 0 aromatic heterocycles. The molecule has 3 nitrogen and oxygen atoms in total. The number of amides is 1. The average Bonchev–Trinajstić information content (AvgIpc) is 2.24. The number of unbranched alkanes of at least 4 members (excludes halogenated alkanes) is 1. The maximum atomic E-state index is 12.6. The highest BCUT2D eigenvalue weighted by Crippen LogP contribution is 2.46. The lowest BCUT2D eigenvalue weighted by molar-refractivity contribution is -0.140. The van der Waals surface area contributed by atoms with Crippen LogP contribution in [0.5, 0.6) is 0 Å². The molecule has 0 bridgehead atoms. The van der Waals surface area contributed by atoms with Gasteiger partial charge in [0.1, 0.15) is 6.73 Å². The van der Waals surface area contributed by atoms with Crippen molar-refractivity contribution in [2.24, 2.45) is 16.2 Å². The lowest BCUT2D eigenvalue weighted by Gasteiger charge is -2.44. The number of ether oxygens (including phenoxy) is 1. The molecule has 120 valence electrons. The Balaban J connectivity index is 4.68. The minimum atomic E-state index is -0.403. The second-order valence-corrected chi connectivity index (χ2v) is 8.23. The molecule has 0 saturated carbocycles. The Morgan fingerprint density at radius 1 is 1.05 bits per heavy atom. The highest BCUT2D eigenvalue weighted by atomic mass is 16.5. The lowest BCUT2D eigenvalue weighted by atomic mass is 9.61. The van der Waals surface area contributed by atoms with Crippen molar-refractivity contribution in [1.29, 1.82) is 0 Å². The van der Waals surface area contributed by atoms with E-state index in [-0.39, 0.29) is 16.7 Å². The molecule has 0 radical (unpaired) electrons. The third-order valence-electron chi connectivity index (χ3n) is 4.02. The molecule has 0 aliphatic rings. The van der Waals surface area contributed by atoms with Gasteiger partial charge in [0.25, 0.3) is 0 Å². The van der Waals surface area contributed by atoms with E-state index in [1.165, 1.54) is 0 Å². The Morgan fingerprint density at radius 3 is 2.00 bits per heavy atom. The summed E-state index contributed by atoms with van der Waals surface area (Å²) in [7, 11) is 0. The van der Waals surface area contributed by atoms with E-state index in [9.17, 15) is 4.79 Å². The summed E-state index contributed by atoms with van der Waals surface area (Å²) in [6.45, 7) is 18.2. The number of hydrogen-bond donors (Lipinski definition) is 1. The van der Waals surface area contributed by atoms with Gasteiger partial charge in [-0.2, -0.15) is 0 Å². The molecule has 3 heteroatoms. The van der Waals surface area contributed by atoms with Gasteiger partial charge in [0, 0.05) is 6.61 Å². The van der Waals surface area contributed by atoms with E-state index < -0.39 is 5.41 Å². The first kappa shape index (κ1) is 19.4. The largest absolute Gasteiger partial charge is 0.361 e. The summed E-state index contributed by atoms with van der Waals surface area (Å²) in [6.07, 6.45) is 3.00. The van der Waals surface area contributed by atoms with Gasteiger partial charge < -0.3 is 10.1 Å². The maximum absolute atomic E-state index is 12.6. The first-order valence-electron chi connectivity index (χ1n) is 7.80. The molecule has 1 unspecified atom stereocenters. The van der Waals surface area contributed by atoms with Crippen LogP contribution in [0.3, 0.4) is 0 Å². The quantitative estimate of drug-likeness (QED) is 0.557. The summed E-state index contributed by atoms with van der Waals surface area (Å²) < 4.78 is 5.45. The lowest BCUT2D eigenvalue weighted by Crippen LogP contribution is -2.49. The Labute approximate surface area is 125 Å². The number of nitrogens with one attached hydrogen (secondary N) is 1. The Morgan fingerprint density at radius 2 is 1.60 bits per heavy atom. The van der Waals surface area contributed by atoms with Gasteiger partial charge in [-0.05, 0) is 23.7 Å². The topological polar surface area (TPSA) is 38.3 Å². The summed E-state index contributed by atoms with van der Waals surface area (Å²) in [5.74, 6) is 0.0939. The minimum absolute atomic E-state index is 0.0895. The molecule has 0 rings (SSSR count). The Bertz CT molecular complexity index is 299. The molecular weight excluding hydrogens is 250 g/mol. The summed E-state index contributed by atoms with van der Waals surface area (Å²) in [4.78, 5) is 12.6. The van der Waals surface area contributed by atoms with Gasteiger partial charge in [0.05, 0.1) is 5.41 Å². The molecule has 0 saturated heterocycles. The van der Waals surface area contributed by atoms with Crippen LogP contribution in [0.2, 0.25) is 0 Å². The van der Waals surface area contributed by atoms with E-state index in [1.807, 2.05) is 0 Å². The van der Waals surface area contributed by atoms with Crippen LogP contribution in [0.25, 0.3) is 0 Å². The van der Waals surface area contributed by atoms with E-state index in [1.54, 1.807) is 0 Å². The minimum Gasteiger partial charge on any atom is -0.361 e. The Kier molecular flexibility index (Phi) is 7.23. The van der Waals surface area contributed by atoms with E-state index in [0.29, 0.717) is 13.3 Å². The SMILES string of the molecule is CCCCOCNC(=O)C(C)(CC(C)(C)C)C(C)(C)C. The van der Waals surface area contributed by atoms with Gasteiger partial charge in [-0.15, -0.1) is 0 Å². The first-order valence-corrected chi connectivity index (χ1v) is 7.80. The molecule has 0 spiro atoms. The van der Waals surface area contributed by atoms with Crippen molar-refractivity contribution in [1.82, 2.24) is 5.32 Å². The van der Waals surface area contributed by atoms with Gasteiger partial charge in [-0.1, -0.05) is 61.8 Å². The summed E-state index contributed by atoms with van der Waals surface area (Å²) in [5, 5.41) is 2.95. The van der Waals surface area contributed by atoms with E-state index in [0.717, 1.165) is 19.3 Å². The molecule has 0 aliphatic heterocycles. The molecule has 0 heterocycles. The number of rotatable bonds is 7. The van der Waals surface area contributed by atoms with Crippen molar-refractivity contribution < 1.29 is 9.53 Å². The highest BCUT2D eigenvalue weighted by Gasteiger charge is 2.46. The van der Waals surface area contributed by atoms with Crippen LogP contribution in [0.15, 0.2) is 0 Å². The maximum Gasteiger partial charge on any atom is 0.228 e. The van der Waals surface area contributed by atoms with Crippen molar-refractivity contribution in [2.75, 3.05) is 13.3 Å². The molecular formula is C17H35NO2. The van der Waals surface area contributed by atoms with E-state index >= 15 is 0 Å². The summed E-state index contributed by atoms with van der Waals surface area (Å²) >= 11 is 0. The predicted molar refractivity (Wildman–Crippen MR) is 85.5 cm³/mol. The van der Waals surface area contributed by atoms with Gasteiger partial charge >= 0.3 is 0 Å². The van der Waals surface area contributed by atoms with Crippen LogP contribution in [-0.2, 0) is 9.53 Å². The zero-order chi connectivity index (χ0) is 16.0. The predicted octanol–water partition coefficient (Wildman–Crippen LogP) is 4.37. The summed E-state index contributed by atoms with van der Waals surface area (Å²) in [6, 6.07) is 0. The molecule has 0 aromatic rings. The Hall–Kier alpha value is -0.570. The molecule has 0 aromatic carbocycles. The van der Waals surface area contributed by atoms with Crippen LogP contribution >= 0.6 is 0 Å². The average molecular weight is 285 g/mol. The van der Waals surface area contributed by atoms with Crippen molar-refractivity contribution in [2.45, 2.75) is 74.7 Å². The van der Waals surface area contributed by atoms with E-state index in [4.69, 9.17) is 4.74 Å². The van der Waals surface area contributed by atoms with Crippen molar-refractivity contribution in [3.05, 3.63) is 0 Å². The van der Waals surface area contributed by atoms with Crippen molar-refractivity contribution in [3.63, 3.8) is 0 Å². The fraction of sp³-hybridized carbons (Fsp3) is 0.941. The zero-order valence-corrected chi connectivity index (χ0v) is 14.9. The standard InChI is InChI=1S/C17H35NO2/c1-9-10-11-20-13-18-14(19)17(8,16(5,6)7)12-15(2,3)4/h9-13H2,1-8H3,(H,18,19). The normalized spacial score (nSPS) is 15.8. The van der Waals surface area contributed by atoms with Crippen molar-refractivity contribution >= 4 is 5.91 Å². The monoisotopic (exact) mass is 285 g/mol. The van der Waals surface area contributed by atoms with Gasteiger partial charge in [0.2, 0.25) is 5.91 Å². The number of hydrogen-bond acceptors (Lipinski definition) is 2. The van der Waals surface area contributed by atoms with Crippen LogP contribution in [-0.4, -0.2) is 19.2 Å². The van der Waals surface area contributed by atoms with Crippen LogP contribution in [0.4, 0.5) is 0 Å². The molecule has 1 N–H and O–H groups in total. The highest BCUT2D eigenvalue weighted by molar-refractivity contribution is 5.83. The van der Waals surface area contributed by atoms with E-state index in [2.05, 4.69) is 60.7 Å². The first-order chi connectivity index (χ1) is 8.94. The molecule has 1 amide bonds. The molecule has 20 heavy (non-hydrogen) atoms. The second-order valence-electron chi connectivity index (χ2n) is 8.23. The van der Waals surface area contributed by atoms with Gasteiger partial charge in [-0.3, -0.25) is 4.79 Å². The fourth-order valence-corrected chi connectivity index (χ4v) is 2.38. The number of carbonyl (C=O) groups excluding carboxylic acids is 1. The van der Waals surface area contributed by atoms with Gasteiger partial charge in [-0.25, -0.2) is 0 Å². The molecule has 1 atom stereocenters. The zero-order valence-electron chi connectivity index (χ0n) is 14.9. The van der Waals surface area contributed by atoms with Gasteiger partial charge in [0.15, 0.2) is 0 Å². The molecule has 0 fully saturated rings.